The molecule has 1 aliphatic rings. The molecule has 0 aromatic carbocycles. The average Bonchev–Trinajstić information content (AvgIpc) is 2.50. The molecule has 1 aliphatic carbocycles. The van der Waals surface area contributed by atoms with E-state index in [-0.39, 0.29) is 0 Å². The van der Waals surface area contributed by atoms with Gasteiger partial charge in [-0.05, 0) is 24.5 Å². The van der Waals surface area contributed by atoms with Gasteiger partial charge in [0.2, 0.25) is 0 Å². The van der Waals surface area contributed by atoms with Gasteiger partial charge in [0.25, 0.3) is 0 Å². The molecule has 62 valence electrons. The topological polar surface area (TPSA) is 30.0 Å². The van der Waals surface area contributed by atoms with Gasteiger partial charge in [0.15, 0.2) is 0 Å². The predicted octanol–water partition coefficient (Wildman–Crippen LogP) is 1.70. The number of pyridine rings is 1. The highest BCUT2D eigenvalue weighted by Gasteiger charge is 2.22. The Morgan fingerprint density at radius 1 is 1.67 bits per heavy atom. The molecule has 1 heterocycles. The number of nitrogens with zero attached hydrogens (tertiary/aromatic N) is 1. The van der Waals surface area contributed by atoms with E-state index in [9.17, 15) is 4.79 Å². The Morgan fingerprint density at radius 2 is 2.58 bits per heavy atom. The van der Waals surface area contributed by atoms with Crippen LogP contribution in [0.3, 0.4) is 0 Å². The van der Waals surface area contributed by atoms with Gasteiger partial charge in [-0.2, -0.15) is 0 Å². The Kier molecular flexibility index (Phi) is 1.90. The maximum atomic E-state index is 10.3. The lowest BCUT2D eigenvalue weighted by Crippen LogP contribution is -1.96. The van der Waals surface area contributed by atoms with Crippen LogP contribution in [0.5, 0.6) is 0 Å². The number of aldehydes is 1. The van der Waals surface area contributed by atoms with Crippen LogP contribution in [0.15, 0.2) is 18.3 Å². The van der Waals surface area contributed by atoms with Gasteiger partial charge in [-0.3, -0.25) is 4.98 Å². The summed E-state index contributed by atoms with van der Waals surface area (Å²) in [5, 5.41) is 0. The van der Waals surface area contributed by atoms with Crippen molar-refractivity contribution >= 4 is 6.29 Å². The lowest BCUT2D eigenvalue weighted by molar-refractivity contribution is -0.108. The van der Waals surface area contributed by atoms with E-state index < -0.39 is 0 Å². The standard InChI is InChI=1S/C10H11NO/c12-7-5-9-4-3-8-2-1-6-11-10(8)9/h1-2,6-7,9H,3-5H2. The molecule has 0 fully saturated rings. The molecule has 2 heteroatoms. The van der Waals surface area contributed by atoms with Crippen LogP contribution >= 0.6 is 0 Å². The van der Waals surface area contributed by atoms with E-state index in [4.69, 9.17) is 0 Å². The largest absolute Gasteiger partial charge is 0.303 e. The predicted molar refractivity (Wildman–Crippen MR) is 46.0 cm³/mol. The molecular weight excluding hydrogens is 150 g/mol. The molecule has 0 amide bonds. The minimum Gasteiger partial charge on any atom is -0.303 e. The van der Waals surface area contributed by atoms with E-state index in [0.29, 0.717) is 12.3 Å². The molecule has 1 atom stereocenters. The fourth-order valence-electron chi connectivity index (χ4n) is 1.84. The van der Waals surface area contributed by atoms with Crippen LogP contribution in [0.2, 0.25) is 0 Å². The van der Waals surface area contributed by atoms with E-state index in [1.165, 1.54) is 5.56 Å². The highest BCUT2D eigenvalue weighted by molar-refractivity contribution is 5.52. The molecule has 2 rings (SSSR count). The molecule has 0 saturated carbocycles. The van der Waals surface area contributed by atoms with Crippen molar-refractivity contribution in [2.45, 2.75) is 25.2 Å². The summed E-state index contributed by atoms with van der Waals surface area (Å²) in [7, 11) is 0. The van der Waals surface area contributed by atoms with Crippen LogP contribution in [0, 0.1) is 0 Å². The first-order valence-electron chi connectivity index (χ1n) is 4.29. The van der Waals surface area contributed by atoms with Crippen molar-refractivity contribution in [3.8, 4) is 0 Å². The SMILES string of the molecule is O=CCC1CCc2cccnc21. The van der Waals surface area contributed by atoms with Crippen LogP contribution in [0.25, 0.3) is 0 Å². The number of rotatable bonds is 2. The van der Waals surface area contributed by atoms with Gasteiger partial charge in [0, 0.05) is 24.2 Å². The second-order valence-corrected chi connectivity index (χ2v) is 3.19. The fourth-order valence-corrected chi connectivity index (χ4v) is 1.84. The second-order valence-electron chi connectivity index (χ2n) is 3.19. The third-order valence-corrected chi connectivity index (χ3v) is 2.46. The number of carbonyl (C=O) groups excluding carboxylic acids is 1. The first-order valence-corrected chi connectivity index (χ1v) is 4.29. The summed E-state index contributed by atoms with van der Waals surface area (Å²) in [6.45, 7) is 0. The number of aryl methyl sites for hydroxylation is 1. The summed E-state index contributed by atoms with van der Waals surface area (Å²) in [6.07, 6.45) is 5.60. The Morgan fingerprint density at radius 3 is 3.42 bits per heavy atom. The van der Waals surface area contributed by atoms with Crippen molar-refractivity contribution in [2.75, 3.05) is 0 Å². The minimum absolute atomic E-state index is 0.388. The lowest BCUT2D eigenvalue weighted by Gasteiger charge is -2.04. The number of carbonyl (C=O) groups is 1. The molecule has 12 heavy (non-hydrogen) atoms. The Labute approximate surface area is 71.6 Å². The highest BCUT2D eigenvalue weighted by Crippen LogP contribution is 2.32. The summed E-state index contributed by atoms with van der Waals surface area (Å²) < 4.78 is 0. The van der Waals surface area contributed by atoms with Crippen molar-refractivity contribution in [2.24, 2.45) is 0 Å². The molecule has 0 N–H and O–H groups in total. The molecule has 2 nitrogen and oxygen atoms in total. The van der Waals surface area contributed by atoms with Gasteiger partial charge in [-0.1, -0.05) is 6.07 Å². The monoisotopic (exact) mass is 161 g/mol. The molecule has 1 aromatic rings. The normalized spacial score (nSPS) is 20.5. The molecule has 1 unspecified atom stereocenters. The Bertz CT molecular complexity index is 296. The van der Waals surface area contributed by atoms with Gasteiger partial charge < -0.3 is 4.79 Å². The zero-order valence-electron chi connectivity index (χ0n) is 6.86. The van der Waals surface area contributed by atoms with Crippen molar-refractivity contribution < 1.29 is 4.79 Å². The molecule has 0 aliphatic heterocycles. The lowest BCUT2D eigenvalue weighted by atomic mass is 10.0. The number of aromatic nitrogens is 1. The fraction of sp³-hybridized carbons (Fsp3) is 0.400. The van der Waals surface area contributed by atoms with Gasteiger partial charge in [-0.15, -0.1) is 0 Å². The highest BCUT2D eigenvalue weighted by atomic mass is 16.1. The number of hydrogen-bond donors (Lipinski definition) is 0. The second kappa shape index (κ2) is 3.05. The Balaban J connectivity index is 2.29. The smallest absolute Gasteiger partial charge is 0.120 e. The van der Waals surface area contributed by atoms with Crippen LogP contribution in [0.1, 0.15) is 30.0 Å². The average molecular weight is 161 g/mol. The van der Waals surface area contributed by atoms with Crippen LogP contribution in [-0.4, -0.2) is 11.3 Å². The summed E-state index contributed by atoms with van der Waals surface area (Å²) in [6, 6.07) is 4.06. The molecule has 0 radical (unpaired) electrons. The summed E-state index contributed by atoms with van der Waals surface area (Å²) in [5.41, 5.74) is 2.47. The number of fused-ring (bicyclic) bond motifs is 1. The first-order chi connectivity index (χ1) is 5.92. The summed E-state index contributed by atoms with van der Waals surface area (Å²) in [4.78, 5) is 14.6. The van der Waals surface area contributed by atoms with Gasteiger partial charge in [0.05, 0.1) is 0 Å². The van der Waals surface area contributed by atoms with Gasteiger partial charge in [-0.25, -0.2) is 0 Å². The zero-order chi connectivity index (χ0) is 8.39. The van der Waals surface area contributed by atoms with Gasteiger partial charge in [0.1, 0.15) is 6.29 Å². The van der Waals surface area contributed by atoms with Crippen molar-refractivity contribution in [3.63, 3.8) is 0 Å². The van der Waals surface area contributed by atoms with E-state index in [2.05, 4.69) is 11.1 Å². The van der Waals surface area contributed by atoms with Crippen LogP contribution in [-0.2, 0) is 11.2 Å². The van der Waals surface area contributed by atoms with Crippen molar-refractivity contribution in [1.82, 2.24) is 4.98 Å². The summed E-state index contributed by atoms with van der Waals surface area (Å²) in [5.74, 6) is 0.388. The first kappa shape index (κ1) is 7.47. The minimum atomic E-state index is 0.388. The maximum absolute atomic E-state index is 10.3. The third kappa shape index (κ3) is 1.13. The molecule has 0 bridgehead atoms. The maximum Gasteiger partial charge on any atom is 0.120 e. The van der Waals surface area contributed by atoms with Crippen molar-refractivity contribution in [3.05, 3.63) is 29.6 Å². The zero-order valence-corrected chi connectivity index (χ0v) is 6.86. The van der Waals surface area contributed by atoms with Gasteiger partial charge >= 0.3 is 0 Å². The summed E-state index contributed by atoms with van der Waals surface area (Å²) >= 11 is 0. The van der Waals surface area contributed by atoms with E-state index in [1.54, 1.807) is 0 Å². The van der Waals surface area contributed by atoms with E-state index in [0.717, 1.165) is 24.8 Å². The molecular formula is C10H11NO. The van der Waals surface area contributed by atoms with E-state index >= 15 is 0 Å². The van der Waals surface area contributed by atoms with E-state index in [1.807, 2.05) is 12.3 Å². The Hall–Kier alpha value is -1.18. The molecule has 0 spiro atoms. The molecule has 0 saturated heterocycles. The van der Waals surface area contributed by atoms with Crippen LogP contribution in [0.4, 0.5) is 0 Å². The van der Waals surface area contributed by atoms with Crippen molar-refractivity contribution in [1.29, 1.82) is 0 Å². The van der Waals surface area contributed by atoms with Crippen LogP contribution < -0.4 is 0 Å². The quantitative estimate of drug-likeness (QED) is 0.618. The molecule has 1 aromatic heterocycles. The third-order valence-electron chi connectivity index (χ3n) is 2.46. The number of hydrogen-bond acceptors (Lipinski definition) is 2.